The smallest absolute Gasteiger partial charge is 0.224 e. The van der Waals surface area contributed by atoms with Crippen LogP contribution < -0.4 is 4.72 Å². The first-order valence-electron chi connectivity index (χ1n) is 7.08. The van der Waals surface area contributed by atoms with Crippen molar-refractivity contribution in [1.82, 2.24) is 4.72 Å². The number of benzene rings is 1. The Balaban J connectivity index is 2.26. The molecule has 0 radical (unpaired) electrons. The molecule has 118 valence electrons. The highest BCUT2D eigenvalue weighted by Crippen LogP contribution is 2.27. The summed E-state index contributed by atoms with van der Waals surface area (Å²) in [6.45, 7) is 4.44. The molecule has 7 heteroatoms. The van der Waals surface area contributed by atoms with Crippen molar-refractivity contribution in [2.24, 2.45) is 5.92 Å². The molecule has 21 heavy (non-hydrogen) atoms. The van der Waals surface area contributed by atoms with Crippen molar-refractivity contribution in [1.29, 1.82) is 0 Å². The van der Waals surface area contributed by atoms with Gasteiger partial charge in [-0.1, -0.05) is 13.8 Å². The largest absolute Gasteiger partial charge is 0.240 e. The van der Waals surface area contributed by atoms with Gasteiger partial charge in [0.15, 0.2) is 9.84 Å². The Morgan fingerprint density at radius 1 is 1.29 bits per heavy atom. The zero-order valence-corrected chi connectivity index (χ0v) is 13.9. The molecule has 0 atom stereocenters. The summed E-state index contributed by atoms with van der Waals surface area (Å²) in [6.07, 6.45) is 1.90. The lowest BCUT2D eigenvalue weighted by molar-refractivity contribution is 0.551. The number of fused-ring (bicyclic) bond motifs is 1. The van der Waals surface area contributed by atoms with Crippen molar-refractivity contribution >= 4 is 19.9 Å². The quantitative estimate of drug-likeness (QED) is 0.891. The van der Waals surface area contributed by atoms with Crippen molar-refractivity contribution < 1.29 is 16.8 Å². The minimum absolute atomic E-state index is 0.138. The predicted octanol–water partition coefficient (Wildman–Crippen LogP) is 1.73. The lowest BCUT2D eigenvalue weighted by Crippen LogP contribution is -2.26. The number of sulfone groups is 1. The third-order valence-corrected chi connectivity index (χ3v) is 6.90. The first kappa shape index (κ1) is 16.5. The minimum atomic E-state index is -3.57. The van der Waals surface area contributed by atoms with Gasteiger partial charge in [-0.25, -0.2) is 21.6 Å². The Kier molecular flexibility index (Phi) is 4.75. The van der Waals surface area contributed by atoms with Gasteiger partial charge in [0, 0.05) is 6.54 Å². The highest BCUT2D eigenvalue weighted by molar-refractivity contribution is 7.91. The van der Waals surface area contributed by atoms with Gasteiger partial charge in [-0.3, -0.25) is 0 Å². The van der Waals surface area contributed by atoms with E-state index in [2.05, 4.69) is 4.72 Å². The van der Waals surface area contributed by atoms with Crippen molar-refractivity contribution in [2.75, 3.05) is 12.3 Å². The van der Waals surface area contributed by atoms with Crippen LogP contribution in [0.4, 0.5) is 0 Å². The Morgan fingerprint density at radius 2 is 2.00 bits per heavy atom. The topological polar surface area (TPSA) is 80.3 Å². The van der Waals surface area contributed by atoms with E-state index in [-0.39, 0.29) is 15.5 Å². The average molecular weight is 331 g/mol. The molecule has 1 N–H and O–H groups in total. The number of rotatable bonds is 5. The van der Waals surface area contributed by atoms with Gasteiger partial charge >= 0.3 is 0 Å². The molecule has 0 spiro atoms. The standard InChI is InChI=1S/C14H21NO4S2/c1-11(2)7-8-15-21(18,19)13-5-6-14-12(10-13)4-3-9-20(14,16)17/h5-6,10-11,15H,3-4,7-9H2,1-2H3. The summed E-state index contributed by atoms with van der Waals surface area (Å²) in [4.78, 5) is 0.414. The highest BCUT2D eigenvalue weighted by Gasteiger charge is 2.25. The Morgan fingerprint density at radius 3 is 2.67 bits per heavy atom. The van der Waals surface area contributed by atoms with E-state index in [0.29, 0.717) is 30.9 Å². The third-order valence-electron chi connectivity index (χ3n) is 3.55. The summed E-state index contributed by atoms with van der Waals surface area (Å²) in [7, 11) is -6.82. The SMILES string of the molecule is CC(C)CCNS(=O)(=O)c1ccc2c(c1)CCCS2(=O)=O. The summed E-state index contributed by atoms with van der Waals surface area (Å²) in [5.74, 6) is 0.556. The second-order valence-electron chi connectivity index (χ2n) is 5.77. The van der Waals surface area contributed by atoms with Gasteiger partial charge in [0.2, 0.25) is 10.0 Å². The van der Waals surface area contributed by atoms with E-state index in [0.717, 1.165) is 6.42 Å². The summed E-state index contributed by atoms with van der Waals surface area (Å²) in [5.41, 5.74) is 0.605. The fraction of sp³-hybridized carbons (Fsp3) is 0.571. The van der Waals surface area contributed by atoms with Crippen LogP contribution in [-0.2, 0) is 26.3 Å². The zero-order valence-electron chi connectivity index (χ0n) is 12.3. The maximum Gasteiger partial charge on any atom is 0.240 e. The maximum absolute atomic E-state index is 12.2. The summed E-state index contributed by atoms with van der Waals surface area (Å²) < 4.78 is 50.8. The van der Waals surface area contributed by atoms with Crippen LogP contribution in [0, 0.1) is 5.92 Å². The predicted molar refractivity (Wildman–Crippen MR) is 81.5 cm³/mol. The Hall–Kier alpha value is -0.920. The van der Waals surface area contributed by atoms with E-state index >= 15 is 0 Å². The van der Waals surface area contributed by atoms with E-state index in [1.165, 1.54) is 18.2 Å². The molecular weight excluding hydrogens is 310 g/mol. The van der Waals surface area contributed by atoms with Gasteiger partial charge in [0.1, 0.15) is 0 Å². The van der Waals surface area contributed by atoms with Crippen LogP contribution in [0.2, 0.25) is 0 Å². The van der Waals surface area contributed by atoms with Crippen molar-refractivity contribution in [2.45, 2.75) is 42.9 Å². The number of sulfonamides is 1. The van der Waals surface area contributed by atoms with Gasteiger partial charge in [-0.05, 0) is 48.9 Å². The lowest BCUT2D eigenvalue weighted by atomic mass is 10.1. The van der Waals surface area contributed by atoms with E-state index in [9.17, 15) is 16.8 Å². The first-order chi connectivity index (χ1) is 9.72. The molecule has 0 bridgehead atoms. The molecular formula is C14H21NO4S2. The van der Waals surface area contributed by atoms with Gasteiger partial charge in [-0.2, -0.15) is 0 Å². The molecule has 0 saturated carbocycles. The van der Waals surface area contributed by atoms with Crippen LogP contribution in [-0.4, -0.2) is 29.1 Å². The molecule has 0 unspecified atom stereocenters. The second-order valence-corrected chi connectivity index (χ2v) is 9.62. The van der Waals surface area contributed by atoms with E-state index in [1.54, 1.807) is 0 Å². The fourth-order valence-corrected chi connectivity index (χ4v) is 5.03. The zero-order chi connectivity index (χ0) is 15.7. The normalized spacial score (nSPS) is 17.7. The van der Waals surface area contributed by atoms with E-state index in [1.807, 2.05) is 13.8 Å². The molecule has 5 nitrogen and oxygen atoms in total. The lowest BCUT2D eigenvalue weighted by Gasteiger charge is -2.17. The molecule has 1 aromatic carbocycles. The minimum Gasteiger partial charge on any atom is -0.224 e. The number of hydrogen-bond donors (Lipinski definition) is 1. The third kappa shape index (κ3) is 3.84. The number of nitrogens with one attached hydrogen (secondary N) is 1. The average Bonchev–Trinajstić information content (AvgIpc) is 2.37. The van der Waals surface area contributed by atoms with Crippen LogP contribution in [0.1, 0.15) is 32.3 Å². The summed E-state index contributed by atoms with van der Waals surface area (Å²) in [5, 5.41) is 0. The number of aryl methyl sites for hydroxylation is 1. The van der Waals surface area contributed by atoms with Crippen molar-refractivity contribution in [3.8, 4) is 0 Å². The monoisotopic (exact) mass is 331 g/mol. The maximum atomic E-state index is 12.2. The summed E-state index contributed by atoms with van der Waals surface area (Å²) in [6, 6.07) is 4.28. The van der Waals surface area contributed by atoms with Crippen LogP contribution in [0.25, 0.3) is 0 Å². The van der Waals surface area contributed by atoms with Crippen molar-refractivity contribution in [3.63, 3.8) is 0 Å². The van der Waals surface area contributed by atoms with Crippen LogP contribution in [0.5, 0.6) is 0 Å². The van der Waals surface area contributed by atoms with E-state index in [4.69, 9.17) is 0 Å². The molecule has 0 aromatic heterocycles. The molecule has 0 amide bonds. The number of hydrogen-bond acceptors (Lipinski definition) is 4. The van der Waals surface area contributed by atoms with Crippen LogP contribution in [0.15, 0.2) is 28.0 Å². The molecule has 0 aliphatic carbocycles. The Bertz CT molecular complexity index is 721. The van der Waals surface area contributed by atoms with Crippen LogP contribution in [0.3, 0.4) is 0 Å². The molecule has 0 saturated heterocycles. The molecule has 1 aliphatic rings. The van der Waals surface area contributed by atoms with E-state index < -0.39 is 19.9 Å². The molecule has 0 fully saturated rings. The van der Waals surface area contributed by atoms with Gasteiger partial charge in [0.25, 0.3) is 0 Å². The molecule has 1 aromatic rings. The fourth-order valence-electron chi connectivity index (χ4n) is 2.35. The van der Waals surface area contributed by atoms with Gasteiger partial charge in [0.05, 0.1) is 15.5 Å². The second kappa shape index (κ2) is 6.06. The molecule has 2 rings (SSSR count). The van der Waals surface area contributed by atoms with Crippen molar-refractivity contribution in [3.05, 3.63) is 23.8 Å². The summed E-state index contributed by atoms with van der Waals surface area (Å²) >= 11 is 0. The van der Waals surface area contributed by atoms with Crippen LogP contribution >= 0.6 is 0 Å². The van der Waals surface area contributed by atoms with Gasteiger partial charge < -0.3 is 0 Å². The first-order valence-corrected chi connectivity index (χ1v) is 10.2. The molecule has 1 aliphatic heterocycles. The van der Waals surface area contributed by atoms with Gasteiger partial charge in [-0.15, -0.1) is 0 Å². The molecule has 1 heterocycles. The Labute approximate surface area is 126 Å². The highest BCUT2D eigenvalue weighted by atomic mass is 32.2.